The fourth-order valence-corrected chi connectivity index (χ4v) is 1.81. The Balaban J connectivity index is 2.09. The van der Waals surface area contributed by atoms with E-state index in [9.17, 15) is 14.3 Å². The van der Waals surface area contributed by atoms with Gasteiger partial charge in [0.05, 0.1) is 12.0 Å². The van der Waals surface area contributed by atoms with Crippen LogP contribution < -0.4 is 4.74 Å². The van der Waals surface area contributed by atoms with Crippen molar-refractivity contribution in [3.05, 3.63) is 66.0 Å². The normalized spacial score (nSPS) is 13.6. The summed E-state index contributed by atoms with van der Waals surface area (Å²) in [5, 5.41) is 10.1. The van der Waals surface area contributed by atoms with Gasteiger partial charge in [0, 0.05) is 5.56 Å². The van der Waals surface area contributed by atoms with Crippen LogP contribution in [0.1, 0.15) is 18.6 Å². The third kappa shape index (κ3) is 3.22. The molecule has 0 aromatic heterocycles. The molecule has 0 saturated heterocycles. The van der Waals surface area contributed by atoms with E-state index in [1.165, 1.54) is 25.1 Å². The molecule has 104 valence electrons. The summed E-state index contributed by atoms with van der Waals surface area (Å²) < 4.78 is 18.7. The van der Waals surface area contributed by atoms with E-state index in [0.717, 1.165) is 0 Å². The van der Waals surface area contributed by atoms with Gasteiger partial charge in [-0.25, -0.2) is 4.39 Å². The van der Waals surface area contributed by atoms with Crippen molar-refractivity contribution in [1.29, 1.82) is 0 Å². The number of hydrogen-bond acceptors (Lipinski definition) is 3. The van der Waals surface area contributed by atoms with Gasteiger partial charge < -0.3 is 9.84 Å². The molecule has 0 amide bonds. The highest BCUT2D eigenvalue weighted by Gasteiger charge is 2.27. The average molecular weight is 274 g/mol. The molecule has 0 radical (unpaired) electrons. The zero-order chi connectivity index (χ0) is 14.5. The second kappa shape index (κ2) is 6.30. The first-order chi connectivity index (χ1) is 9.59. The fourth-order valence-electron chi connectivity index (χ4n) is 1.81. The molecule has 0 saturated carbocycles. The third-order valence-corrected chi connectivity index (χ3v) is 3.03. The van der Waals surface area contributed by atoms with Gasteiger partial charge in [-0.05, 0) is 25.1 Å². The summed E-state index contributed by atoms with van der Waals surface area (Å²) in [6.45, 7) is 1.50. The molecule has 0 unspecified atom stereocenters. The van der Waals surface area contributed by atoms with E-state index < -0.39 is 23.8 Å². The molecule has 4 heteroatoms. The number of aliphatic hydroxyl groups excluding tert-OH is 1. The van der Waals surface area contributed by atoms with Crippen molar-refractivity contribution in [3.63, 3.8) is 0 Å². The first kappa shape index (κ1) is 14.2. The number of carbonyl (C=O) groups excluding carboxylic acids is 1. The fraction of sp³-hybridized carbons (Fsp3) is 0.188. The quantitative estimate of drug-likeness (QED) is 0.688. The summed E-state index contributed by atoms with van der Waals surface area (Å²) in [5.74, 6) is -1.62. The Labute approximate surface area is 116 Å². The highest BCUT2D eigenvalue weighted by Crippen LogP contribution is 2.25. The van der Waals surface area contributed by atoms with Gasteiger partial charge in [0.2, 0.25) is 0 Å². The molecule has 2 atom stereocenters. The van der Waals surface area contributed by atoms with E-state index in [1.54, 1.807) is 36.4 Å². The van der Waals surface area contributed by atoms with E-state index in [1.807, 2.05) is 0 Å². The summed E-state index contributed by atoms with van der Waals surface area (Å²) in [6, 6.07) is 14.4. The van der Waals surface area contributed by atoms with Gasteiger partial charge in [-0.2, -0.15) is 0 Å². The number of rotatable bonds is 4. The van der Waals surface area contributed by atoms with Crippen molar-refractivity contribution < 1.29 is 19.0 Å². The van der Waals surface area contributed by atoms with Crippen LogP contribution in [0.4, 0.5) is 4.39 Å². The second-order valence-corrected chi connectivity index (χ2v) is 4.49. The van der Waals surface area contributed by atoms with E-state index >= 15 is 0 Å². The third-order valence-electron chi connectivity index (χ3n) is 3.03. The van der Waals surface area contributed by atoms with Gasteiger partial charge in [0.15, 0.2) is 0 Å². The number of para-hydroxylation sites is 1. The Kier molecular flexibility index (Phi) is 4.48. The minimum absolute atomic E-state index is 0.0880. The molecule has 0 fully saturated rings. The molecule has 0 spiro atoms. The van der Waals surface area contributed by atoms with E-state index in [4.69, 9.17) is 4.74 Å². The molecule has 2 aromatic rings. The topological polar surface area (TPSA) is 46.5 Å². The maximum Gasteiger partial charge on any atom is 0.317 e. The van der Waals surface area contributed by atoms with Crippen molar-refractivity contribution in [1.82, 2.24) is 0 Å². The minimum Gasteiger partial charge on any atom is -0.426 e. The van der Waals surface area contributed by atoms with Crippen LogP contribution in [-0.2, 0) is 4.79 Å². The molecular formula is C16H15FO3. The zero-order valence-corrected chi connectivity index (χ0v) is 11.0. The van der Waals surface area contributed by atoms with Gasteiger partial charge in [0.25, 0.3) is 0 Å². The maximum atomic E-state index is 13.6. The molecule has 2 aromatic carbocycles. The predicted octanol–water partition coefficient (Wildman–Crippen LogP) is 3.10. The lowest BCUT2D eigenvalue weighted by Crippen LogP contribution is -2.24. The van der Waals surface area contributed by atoms with Crippen molar-refractivity contribution >= 4 is 5.97 Å². The first-order valence-electron chi connectivity index (χ1n) is 6.29. The zero-order valence-electron chi connectivity index (χ0n) is 11.0. The number of aliphatic hydroxyl groups is 1. The summed E-state index contributed by atoms with van der Waals surface area (Å²) in [6.07, 6.45) is -1.24. The lowest BCUT2D eigenvalue weighted by Gasteiger charge is -2.18. The van der Waals surface area contributed by atoms with Crippen LogP contribution in [0.25, 0.3) is 0 Å². The number of esters is 1. The Morgan fingerprint density at radius 3 is 2.35 bits per heavy atom. The van der Waals surface area contributed by atoms with Gasteiger partial charge in [0.1, 0.15) is 11.6 Å². The molecule has 0 bridgehead atoms. The number of benzene rings is 2. The number of carbonyl (C=O) groups is 1. The van der Waals surface area contributed by atoms with Gasteiger partial charge >= 0.3 is 5.97 Å². The number of hydrogen-bond donors (Lipinski definition) is 1. The molecule has 20 heavy (non-hydrogen) atoms. The van der Waals surface area contributed by atoms with Crippen LogP contribution in [0.2, 0.25) is 0 Å². The van der Waals surface area contributed by atoms with Crippen molar-refractivity contribution in [2.75, 3.05) is 0 Å². The molecule has 0 aliphatic carbocycles. The molecule has 3 nitrogen and oxygen atoms in total. The summed E-state index contributed by atoms with van der Waals surface area (Å²) in [5.41, 5.74) is 0.0880. The lowest BCUT2D eigenvalue weighted by molar-refractivity contribution is -0.142. The van der Waals surface area contributed by atoms with Crippen molar-refractivity contribution in [2.24, 2.45) is 5.92 Å². The smallest absolute Gasteiger partial charge is 0.317 e. The van der Waals surface area contributed by atoms with Crippen LogP contribution >= 0.6 is 0 Å². The van der Waals surface area contributed by atoms with E-state index in [2.05, 4.69) is 0 Å². The van der Waals surface area contributed by atoms with Crippen LogP contribution in [0.15, 0.2) is 54.6 Å². The summed E-state index contributed by atoms with van der Waals surface area (Å²) in [7, 11) is 0. The Morgan fingerprint density at radius 1 is 1.10 bits per heavy atom. The van der Waals surface area contributed by atoms with Crippen LogP contribution in [-0.4, -0.2) is 11.1 Å². The van der Waals surface area contributed by atoms with Crippen LogP contribution in [0.5, 0.6) is 5.75 Å². The molecular weight excluding hydrogens is 259 g/mol. The minimum atomic E-state index is -1.24. The summed E-state index contributed by atoms with van der Waals surface area (Å²) in [4.78, 5) is 11.9. The largest absolute Gasteiger partial charge is 0.426 e. The lowest BCUT2D eigenvalue weighted by atomic mass is 9.97. The van der Waals surface area contributed by atoms with Gasteiger partial charge in [-0.1, -0.05) is 36.4 Å². The Morgan fingerprint density at radius 2 is 1.70 bits per heavy atom. The molecule has 0 heterocycles. The SMILES string of the molecule is C[C@@H](C(=O)Oc1ccccc1)[C@@H](O)c1ccccc1F. The van der Waals surface area contributed by atoms with Crippen LogP contribution in [0.3, 0.4) is 0 Å². The standard InChI is InChI=1S/C16H15FO3/c1-11(15(18)13-9-5-6-10-14(13)17)16(19)20-12-7-3-2-4-8-12/h2-11,15,18H,1H3/t11-,15-/m1/s1. The molecule has 0 aliphatic rings. The average Bonchev–Trinajstić information content (AvgIpc) is 2.47. The highest BCUT2D eigenvalue weighted by molar-refractivity contribution is 5.75. The Bertz CT molecular complexity index is 583. The van der Waals surface area contributed by atoms with E-state index in [-0.39, 0.29) is 5.56 Å². The molecule has 1 N–H and O–H groups in total. The van der Waals surface area contributed by atoms with Crippen LogP contribution in [0, 0.1) is 11.7 Å². The number of halogens is 1. The maximum absolute atomic E-state index is 13.6. The molecule has 0 aliphatic heterocycles. The van der Waals surface area contributed by atoms with E-state index in [0.29, 0.717) is 5.75 Å². The predicted molar refractivity (Wildman–Crippen MR) is 72.6 cm³/mol. The van der Waals surface area contributed by atoms with Crippen molar-refractivity contribution in [3.8, 4) is 5.75 Å². The second-order valence-electron chi connectivity index (χ2n) is 4.49. The highest BCUT2D eigenvalue weighted by atomic mass is 19.1. The first-order valence-corrected chi connectivity index (χ1v) is 6.29. The monoisotopic (exact) mass is 274 g/mol. The van der Waals surface area contributed by atoms with Crippen molar-refractivity contribution in [2.45, 2.75) is 13.0 Å². The van der Waals surface area contributed by atoms with Gasteiger partial charge in [-0.3, -0.25) is 4.79 Å². The summed E-state index contributed by atoms with van der Waals surface area (Å²) >= 11 is 0. The van der Waals surface area contributed by atoms with Gasteiger partial charge in [-0.15, -0.1) is 0 Å². The number of ether oxygens (including phenoxy) is 1. The molecule has 2 rings (SSSR count). The Hall–Kier alpha value is -2.20.